The van der Waals surface area contributed by atoms with Gasteiger partial charge in [0.05, 0.1) is 0 Å². The van der Waals surface area contributed by atoms with Gasteiger partial charge in [-0.3, -0.25) is 4.79 Å². The fraction of sp³-hybridized carbons (Fsp3) is 0.0455. The number of hydrogen-bond donors (Lipinski definition) is 2. The van der Waals surface area contributed by atoms with Gasteiger partial charge >= 0.3 is 0 Å². The third-order valence-electron chi connectivity index (χ3n) is 3.87. The van der Waals surface area contributed by atoms with Crippen molar-refractivity contribution in [1.29, 1.82) is 0 Å². The third kappa shape index (κ3) is 4.74. The molecular weight excluding hydrogens is 344 g/mol. The molecule has 5 nitrogen and oxygen atoms in total. The summed E-state index contributed by atoms with van der Waals surface area (Å²) in [7, 11) is 0. The molecule has 3 rings (SSSR count). The Labute approximate surface area is 156 Å². The number of allylic oxidation sites excluding steroid dienone is 1. The Morgan fingerprint density at radius 2 is 1.63 bits per heavy atom. The highest BCUT2D eigenvalue weighted by Crippen LogP contribution is 2.34. The molecule has 27 heavy (non-hydrogen) atoms. The van der Waals surface area contributed by atoms with E-state index in [2.05, 4.69) is 4.89 Å². The lowest BCUT2D eigenvalue weighted by Gasteiger charge is -2.12. The molecular formula is C22H18O5. The monoisotopic (exact) mass is 362 g/mol. The number of carbonyl (C=O) groups excluding carboxylic acids is 1. The van der Waals surface area contributed by atoms with Crippen LogP contribution in [0.1, 0.15) is 21.5 Å². The average molecular weight is 362 g/mol. The Morgan fingerprint density at radius 1 is 0.963 bits per heavy atom. The van der Waals surface area contributed by atoms with E-state index in [1.165, 1.54) is 12.1 Å². The van der Waals surface area contributed by atoms with Crippen molar-refractivity contribution < 1.29 is 24.8 Å². The summed E-state index contributed by atoms with van der Waals surface area (Å²) in [5.74, 6) is -0.680. The van der Waals surface area contributed by atoms with Gasteiger partial charge < -0.3 is 14.7 Å². The van der Waals surface area contributed by atoms with Gasteiger partial charge in [-0.1, -0.05) is 66.7 Å². The summed E-state index contributed by atoms with van der Waals surface area (Å²) in [5.41, 5.74) is 1.75. The molecule has 0 saturated carbocycles. The van der Waals surface area contributed by atoms with Crippen molar-refractivity contribution in [2.75, 3.05) is 0 Å². The molecule has 0 aliphatic rings. The van der Waals surface area contributed by atoms with Crippen molar-refractivity contribution in [2.24, 2.45) is 0 Å². The van der Waals surface area contributed by atoms with E-state index >= 15 is 0 Å². The van der Waals surface area contributed by atoms with Gasteiger partial charge in [0.2, 0.25) is 0 Å². The average Bonchev–Trinajstić information content (AvgIpc) is 2.71. The number of ketones is 1. The Hall–Kier alpha value is -3.57. The molecule has 0 aliphatic heterocycles. The number of phenolic OH excluding ortho intramolecular Hbond substituents is 1. The second kappa shape index (κ2) is 8.69. The fourth-order valence-corrected chi connectivity index (χ4v) is 2.55. The smallest absolute Gasteiger partial charge is 0.193 e. The number of phenols is 1. The Morgan fingerprint density at radius 3 is 2.30 bits per heavy atom. The lowest BCUT2D eigenvalue weighted by atomic mass is 10.1. The van der Waals surface area contributed by atoms with Crippen LogP contribution < -0.4 is 9.62 Å². The number of aromatic hydroxyl groups is 1. The van der Waals surface area contributed by atoms with Crippen molar-refractivity contribution in [3.8, 4) is 17.2 Å². The van der Waals surface area contributed by atoms with E-state index in [0.29, 0.717) is 0 Å². The van der Waals surface area contributed by atoms with Crippen LogP contribution in [0.15, 0.2) is 78.9 Å². The first-order valence-electron chi connectivity index (χ1n) is 8.30. The topological polar surface area (TPSA) is 76.0 Å². The molecule has 0 fully saturated rings. The first kappa shape index (κ1) is 18.2. The zero-order valence-electron chi connectivity index (χ0n) is 14.4. The van der Waals surface area contributed by atoms with Crippen molar-refractivity contribution in [2.45, 2.75) is 6.61 Å². The molecule has 0 aliphatic carbocycles. The SMILES string of the molecule is O=C(C=Cc1ccccc1)c1c(O)cc(OO)cc1OCc1ccccc1. The summed E-state index contributed by atoms with van der Waals surface area (Å²) in [5, 5.41) is 19.1. The molecule has 3 aromatic carbocycles. The minimum atomic E-state index is -0.427. The number of ether oxygens (including phenoxy) is 1. The highest BCUT2D eigenvalue weighted by molar-refractivity contribution is 6.10. The molecule has 0 atom stereocenters. The van der Waals surface area contributed by atoms with Crippen LogP contribution in [0, 0.1) is 0 Å². The van der Waals surface area contributed by atoms with Gasteiger partial charge in [-0.15, -0.1) is 0 Å². The van der Waals surface area contributed by atoms with E-state index in [1.807, 2.05) is 60.7 Å². The van der Waals surface area contributed by atoms with Gasteiger partial charge in [-0.25, -0.2) is 5.26 Å². The minimum absolute atomic E-state index is 0.00101. The lowest BCUT2D eigenvalue weighted by Crippen LogP contribution is -2.04. The van der Waals surface area contributed by atoms with Gasteiger partial charge in [0.1, 0.15) is 23.7 Å². The second-order valence-corrected chi connectivity index (χ2v) is 5.79. The van der Waals surface area contributed by atoms with E-state index in [0.717, 1.165) is 17.2 Å². The van der Waals surface area contributed by atoms with E-state index in [-0.39, 0.29) is 29.4 Å². The zero-order valence-corrected chi connectivity index (χ0v) is 14.4. The normalized spacial score (nSPS) is 10.7. The van der Waals surface area contributed by atoms with Crippen molar-refractivity contribution in [3.63, 3.8) is 0 Å². The molecule has 0 amide bonds. The van der Waals surface area contributed by atoms with Gasteiger partial charge in [0, 0.05) is 12.1 Å². The number of hydrogen-bond acceptors (Lipinski definition) is 5. The molecule has 0 unspecified atom stereocenters. The Balaban J connectivity index is 1.88. The molecule has 3 aromatic rings. The summed E-state index contributed by atoms with van der Waals surface area (Å²) < 4.78 is 5.71. The Bertz CT molecular complexity index is 934. The molecule has 5 heteroatoms. The summed E-state index contributed by atoms with van der Waals surface area (Å²) in [6.07, 6.45) is 3.01. The van der Waals surface area contributed by atoms with Crippen molar-refractivity contribution >= 4 is 11.9 Å². The van der Waals surface area contributed by atoms with Crippen LogP contribution in [0.2, 0.25) is 0 Å². The molecule has 0 aromatic heterocycles. The van der Waals surface area contributed by atoms with E-state index < -0.39 is 5.78 Å². The summed E-state index contributed by atoms with van der Waals surface area (Å²) in [6, 6.07) is 21.2. The van der Waals surface area contributed by atoms with Crippen LogP contribution in [0.5, 0.6) is 17.2 Å². The maximum Gasteiger partial charge on any atom is 0.193 e. The number of rotatable bonds is 7. The predicted molar refractivity (Wildman–Crippen MR) is 102 cm³/mol. The first-order valence-corrected chi connectivity index (χ1v) is 8.30. The fourth-order valence-electron chi connectivity index (χ4n) is 2.55. The lowest BCUT2D eigenvalue weighted by molar-refractivity contribution is -0.137. The van der Waals surface area contributed by atoms with Gasteiger partial charge in [-0.05, 0) is 17.2 Å². The van der Waals surface area contributed by atoms with Gasteiger partial charge in [0.15, 0.2) is 11.5 Å². The van der Waals surface area contributed by atoms with Gasteiger partial charge in [-0.2, -0.15) is 0 Å². The van der Waals surface area contributed by atoms with E-state index in [4.69, 9.17) is 9.99 Å². The summed E-state index contributed by atoms with van der Waals surface area (Å²) in [6.45, 7) is 0.192. The second-order valence-electron chi connectivity index (χ2n) is 5.79. The third-order valence-corrected chi connectivity index (χ3v) is 3.87. The molecule has 0 spiro atoms. The van der Waals surface area contributed by atoms with Crippen LogP contribution in [0.4, 0.5) is 0 Å². The summed E-state index contributed by atoms with van der Waals surface area (Å²) >= 11 is 0. The standard InChI is InChI=1S/C22H18O5/c23-19(12-11-16-7-3-1-4-8-16)22-20(24)13-18(27-25)14-21(22)26-15-17-9-5-2-6-10-17/h1-14,24-25H,15H2. The largest absolute Gasteiger partial charge is 0.507 e. The maximum absolute atomic E-state index is 12.6. The van der Waals surface area contributed by atoms with Crippen LogP contribution in [-0.2, 0) is 6.61 Å². The van der Waals surface area contributed by atoms with Crippen molar-refractivity contribution in [3.05, 3.63) is 95.6 Å². The quantitative estimate of drug-likeness (QED) is 0.275. The number of benzene rings is 3. The molecule has 0 bridgehead atoms. The molecule has 2 N–H and O–H groups in total. The highest BCUT2D eigenvalue weighted by atomic mass is 17.1. The van der Waals surface area contributed by atoms with Crippen LogP contribution in [0.3, 0.4) is 0 Å². The number of carbonyl (C=O) groups is 1. The molecule has 136 valence electrons. The molecule has 0 radical (unpaired) electrons. The predicted octanol–water partition coefficient (Wildman–Crippen LogP) is 4.72. The highest BCUT2D eigenvalue weighted by Gasteiger charge is 2.18. The van der Waals surface area contributed by atoms with E-state index in [9.17, 15) is 9.90 Å². The van der Waals surface area contributed by atoms with Crippen LogP contribution in [0.25, 0.3) is 6.08 Å². The first-order chi connectivity index (χ1) is 13.2. The Kier molecular flexibility index (Phi) is 5.87. The van der Waals surface area contributed by atoms with E-state index in [1.54, 1.807) is 6.08 Å². The molecule has 0 heterocycles. The summed E-state index contributed by atoms with van der Waals surface area (Å²) in [4.78, 5) is 16.8. The zero-order chi connectivity index (χ0) is 19.1. The maximum atomic E-state index is 12.6. The van der Waals surface area contributed by atoms with Crippen LogP contribution >= 0.6 is 0 Å². The van der Waals surface area contributed by atoms with Crippen LogP contribution in [-0.4, -0.2) is 16.1 Å². The molecule has 0 saturated heterocycles. The minimum Gasteiger partial charge on any atom is -0.507 e. The van der Waals surface area contributed by atoms with Gasteiger partial charge in [0.25, 0.3) is 0 Å². The van der Waals surface area contributed by atoms with Crippen molar-refractivity contribution in [1.82, 2.24) is 0 Å².